The van der Waals surface area contributed by atoms with E-state index in [0.29, 0.717) is 12.8 Å². The summed E-state index contributed by atoms with van der Waals surface area (Å²) < 4.78 is 4.79. The van der Waals surface area contributed by atoms with Gasteiger partial charge in [-0.3, -0.25) is 4.79 Å². The van der Waals surface area contributed by atoms with Gasteiger partial charge in [-0.2, -0.15) is 0 Å². The summed E-state index contributed by atoms with van der Waals surface area (Å²) >= 11 is 1.75. The Morgan fingerprint density at radius 3 is 2.06 bits per heavy atom. The molecule has 0 aliphatic rings. The van der Waals surface area contributed by atoms with Gasteiger partial charge >= 0.3 is 5.97 Å². The van der Waals surface area contributed by atoms with E-state index in [0.717, 1.165) is 22.6 Å². The maximum Gasteiger partial charge on any atom is 0.305 e. The zero-order chi connectivity index (χ0) is 24.7. The molecule has 0 spiro atoms. The third kappa shape index (κ3) is 5.40. The molecule has 0 aliphatic carbocycles. The first-order valence-electron chi connectivity index (χ1n) is 12.0. The molecule has 4 heteroatoms. The van der Waals surface area contributed by atoms with E-state index in [9.17, 15) is 4.79 Å². The number of esters is 1. The summed E-state index contributed by atoms with van der Waals surface area (Å²) in [7, 11) is 1.43. The third-order valence-electron chi connectivity index (χ3n) is 6.18. The molecule has 178 valence electrons. The molecule has 1 aromatic heterocycles. The summed E-state index contributed by atoms with van der Waals surface area (Å²) in [5, 5.41) is 2.10. The van der Waals surface area contributed by atoms with E-state index < -0.39 is 0 Å². The maximum atomic E-state index is 11.6. The van der Waals surface area contributed by atoms with Crippen molar-refractivity contribution in [2.24, 2.45) is 0 Å². The number of anilines is 3. The molecular formula is C32H27NO2S. The van der Waals surface area contributed by atoms with Gasteiger partial charge in [0.15, 0.2) is 0 Å². The van der Waals surface area contributed by atoms with Crippen LogP contribution in [0.15, 0.2) is 121 Å². The maximum absolute atomic E-state index is 11.6. The lowest BCUT2D eigenvalue weighted by atomic mass is 10.0. The standard InChI is InChI=1S/C32H27NO2S/c1-35-32(34)21-14-24-12-17-28(18-13-24)33(29-19-15-26(16-20-29)31-11-6-22-36-31)30-10-5-9-27(23-30)25-7-3-2-4-8-25/h2-13,15-20,22-23H,14,21H2,1H3. The first-order valence-corrected chi connectivity index (χ1v) is 12.8. The van der Waals surface area contributed by atoms with Crippen molar-refractivity contribution >= 4 is 34.4 Å². The molecule has 0 aliphatic heterocycles. The number of aryl methyl sites for hydroxylation is 1. The molecule has 0 saturated heterocycles. The Kier molecular flexibility index (Phi) is 7.25. The molecule has 0 radical (unpaired) electrons. The highest BCUT2D eigenvalue weighted by Crippen LogP contribution is 2.38. The summed E-state index contributed by atoms with van der Waals surface area (Å²) in [5.41, 5.74) is 7.91. The van der Waals surface area contributed by atoms with E-state index in [1.165, 1.54) is 28.7 Å². The van der Waals surface area contributed by atoms with Crippen LogP contribution in [-0.4, -0.2) is 13.1 Å². The van der Waals surface area contributed by atoms with E-state index in [1.807, 2.05) is 6.07 Å². The first kappa shape index (κ1) is 23.6. The van der Waals surface area contributed by atoms with Crippen LogP contribution >= 0.6 is 11.3 Å². The van der Waals surface area contributed by atoms with Gasteiger partial charge in [0.1, 0.15) is 0 Å². The summed E-state index contributed by atoms with van der Waals surface area (Å²) in [6.45, 7) is 0. The monoisotopic (exact) mass is 489 g/mol. The number of hydrogen-bond acceptors (Lipinski definition) is 4. The van der Waals surface area contributed by atoms with E-state index >= 15 is 0 Å². The van der Waals surface area contributed by atoms with Gasteiger partial charge in [0.05, 0.1) is 7.11 Å². The minimum Gasteiger partial charge on any atom is -0.469 e. The van der Waals surface area contributed by atoms with E-state index in [2.05, 4.69) is 119 Å². The van der Waals surface area contributed by atoms with Gasteiger partial charge in [0.25, 0.3) is 0 Å². The quantitative estimate of drug-likeness (QED) is 0.204. The highest BCUT2D eigenvalue weighted by atomic mass is 32.1. The van der Waals surface area contributed by atoms with Crippen LogP contribution in [0.2, 0.25) is 0 Å². The number of hydrogen-bond donors (Lipinski definition) is 0. The number of thiophene rings is 1. The van der Waals surface area contributed by atoms with Crippen LogP contribution in [0.1, 0.15) is 12.0 Å². The molecule has 4 aromatic carbocycles. The van der Waals surface area contributed by atoms with Crippen LogP contribution in [0, 0.1) is 0 Å². The van der Waals surface area contributed by atoms with Crippen LogP contribution < -0.4 is 4.90 Å². The molecule has 5 aromatic rings. The Labute approximate surface area is 216 Å². The molecule has 0 bridgehead atoms. The lowest BCUT2D eigenvalue weighted by Crippen LogP contribution is -2.10. The largest absolute Gasteiger partial charge is 0.469 e. The van der Waals surface area contributed by atoms with Crippen LogP contribution in [-0.2, 0) is 16.0 Å². The lowest BCUT2D eigenvalue weighted by Gasteiger charge is -2.26. The van der Waals surface area contributed by atoms with Crippen LogP contribution in [0.25, 0.3) is 21.6 Å². The molecular weight excluding hydrogens is 462 g/mol. The fourth-order valence-electron chi connectivity index (χ4n) is 4.28. The molecule has 0 fully saturated rings. The molecule has 5 rings (SSSR count). The van der Waals surface area contributed by atoms with Crippen LogP contribution in [0.3, 0.4) is 0 Å². The second kappa shape index (κ2) is 11.1. The van der Waals surface area contributed by atoms with Crippen LogP contribution in [0.5, 0.6) is 0 Å². The second-order valence-corrected chi connectivity index (χ2v) is 9.47. The Morgan fingerprint density at radius 2 is 1.39 bits per heavy atom. The second-order valence-electron chi connectivity index (χ2n) is 8.52. The van der Waals surface area contributed by atoms with Gasteiger partial charge in [-0.25, -0.2) is 0 Å². The molecule has 0 amide bonds. The minimum atomic E-state index is -0.190. The van der Waals surface area contributed by atoms with Crippen molar-refractivity contribution < 1.29 is 9.53 Å². The van der Waals surface area contributed by atoms with Crippen molar-refractivity contribution in [1.29, 1.82) is 0 Å². The SMILES string of the molecule is COC(=O)CCc1ccc(N(c2ccc(-c3cccs3)cc2)c2cccc(-c3ccccc3)c2)cc1. The Balaban J connectivity index is 1.52. The van der Waals surface area contributed by atoms with E-state index in [1.54, 1.807) is 11.3 Å². The number of benzene rings is 4. The number of rotatable bonds is 8. The summed E-state index contributed by atoms with van der Waals surface area (Å²) in [6.07, 6.45) is 1.04. The number of carbonyl (C=O) groups is 1. The van der Waals surface area contributed by atoms with E-state index in [-0.39, 0.29) is 5.97 Å². The van der Waals surface area contributed by atoms with Crippen molar-refractivity contribution in [3.8, 4) is 21.6 Å². The average Bonchev–Trinajstić information content (AvgIpc) is 3.49. The van der Waals surface area contributed by atoms with Gasteiger partial charge in [-0.15, -0.1) is 11.3 Å². The molecule has 0 atom stereocenters. The van der Waals surface area contributed by atoms with Gasteiger partial charge in [0, 0.05) is 28.4 Å². The van der Waals surface area contributed by atoms with Crippen molar-refractivity contribution in [3.05, 3.63) is 126 Å². The number of nitrogens with zero attached hydrogens (tertiary/aromatic N) is 1. The Hall–Kier alpha value is -4.15. The first-order chi connectivity index (χ1) is 17.7. The summed E-state index contributed by atoms with van der Waals surface area (Å²) in [5.74, 6) is -0.190. The van der Waals surface area contributed by atoms with Crippen molar-refractivity contribution in [2.75, 3.05) is 12.0 Å². The fourth-order valence-corrected chi connectivity index (χ4v) is 5.01. The molecule has 1 heterocycles. The molecule has 0 saturated carbocycles. The molecule has 36 heavy (non-hydrogen) atoms. The number of ether oxygens (including phenoxy) is 1. The minimum absolute atomic E-state index is 0.190. The normalized spacial score (nSPS) is 10.7. The Bertz CT molecular complexity index is 1410. The molecule has 0 unspecified atom stereocenters. The smallest absolute Gasteiger partial charge is 0.305 e. The molecule has 0 N–H and O–H groups in total. The third-order valence-corrected chi connectivity index (χ3v) is 7.10. The topological polar surface area (TPSA) is 29.5 Å². The summed E-state index contributed by atoms with van der Waals surface area (Å²) in [4.78, 5) is 15.1. The average molecular weight is 490 g/mol. The van der Waals surface area contributed by atoms with Gasteiger partial charge in [-0.05, 0) is 76.5 Å². The zero-order valence-corrected chi connectivity index (χ0v) is 20.9. The van der Waals surface area contributed by atoms with Gasteiger partial charge in [-0.1, -0.05) is 72.8 Å². The predicted molar refractivity (Wildman–Crippen MR) is 150 cm³/mol. The highest BCUT2D eigenvalue weighted by Gasteiger charge is 2.14. The van der Waals surface area contributed by atoms with Crippen molar-refractivity contribution in [1.82, 2.24) is 0 Å². The van der Waals surface area contributed by atoms with Gasteiger partial charge < -0.3 is 9.64 Å². The Morgan fingerprint density at radius 1 is 0.694 bits per heavy atom. The van der Waals surface area contributed by atoms with Crippen molar-refractivity contribution in [2.45, 2.75) is 12.8 Å². The van der Waals surface area contributed by atoms with Gasteiger partial charge in [0.2, 0.25) is 0 Å². The highest BCUT2D eigenvalue weighted by molar-refractivity contribution is 7.13. The van der Waals surface area contributed by atoms with E-state index in [4.69, 9.17) is 4.74 Å². The zero-order valence-electron chi connectivity index (χ0n) is 20.1. The lowest BCUT2D eigenvalue weighted by molar-refractivity contribution is -0.140. The van der Waals surface area contributed by atoms with Crippen molar-refractivity contribution in [3.63, 3.8) is 0 Å². The summed E-state index contributed by atoms with van der Waals surface area (Å²) in [6, 6.07) is 40.4. The fraction of sp³-hybridized carbons (Fsp3) is 0.0938. The molecule has 3 nitrogen and oxygen atoms in total. The predicted octanol–water partition coefficient (Wildman–Crippen LogP) is 8.66. The number of carbonyl (C=O) groups excluding carboxylic acids is 1. The van der Waals surface area contributed by atoms with Crippen LogP contribution in [0.4, 0.5) is 17.1 Å². The number of methoxy groups -OCH3 is 1.